The largest absolute Gasteiger partial charge is 0.497 e. The highest BCUT2D eigenvalue weighted by atomic mass is 16.5. The number of nitrogens with zero attached hydrogens (tertiary/aromatic N) is 3. The third kappa shape index (κ3) is 4.03. The number of benzene rings is 1. The monoisotopic (exact) mass is 388 g/mol. The number of nitrogens with one attached hydrogen (secondary N) is 1. The molecular formula is C22H20N4O3. The number of aryl methyl sites for hydroxylation is 1. The van der Waals surface area contributed by atoms with Crippen LogP contribution >= 0.6 is 0 Å². The van der Waals surface area contributed by atoms with Crippen molar-refractivity contribution < 1.29 is 13.9 Å². The first-order valence-corrected chi connectivity index (χ1v) is 9.08. The molecule has 3 heterocycles. The van der Waals surface area contributed by atoms with Gasteiger partial charge in [0.25, 0.3) is 5.91 Å². The van der Waals surface area contributed by atoms with Crippen LogP contribution in [0.3, 0.4) is 0 Å². The molecule has 3 aromatic heterocycles. The van der Waals surface area contributed by atoms with Crippen LogP contribution < -0.4 is 10.1 Å². The molecule has 0 saturated heterocycles. The molecule has 0 bridgehead atoms. The lowest BCUT2D eigenvalue weighted by molar-refractivity contribution is 0.0941. The number of aromatic nitrogens is 3. The predicted octanol–water partition coefficient (Wildman–Crippen LogP) is 3.68. The van der Waals surface area contributed by atoms with E-state index >= 15 is 0 Å². The van der Waals surface area contributed by atoms with Gasteiger partial charge in [-0.05, 0) is 35.9 Å². The van der Waals surface area contributed by atoms with Crippen LogP contribution in [0.1, 0.15) is 16.1 Å². The van der Waals surface area contributed by atoms with Crippen molar-refractivity contribution in [2.45, 2.75) is 6.54 Å². The number of furan rings is 1. The summed E-state index contributed by atoms with van der Waals surface area (Å²) in [6, 6.07) is 15.0. The van der Waals surface area contributed by atoms with Gasteiger partial charge in [-0.15, -0.1) is 0 Å². The maximum Gasteiger partial charge on any atom is 0.269 e. The zero-order valence-corrected chi connectivity index (χ0v) is 16.1. The van der Waals surface area contributed by atoms with Crippen molar-refractivity contribution in [2.24, 2.45) is 7.05 Å². The number of rotatable bonds is 6. The van der Waals surface area contributed by atoms with Crippen LogP contribution in [0.5, 0.6) is 5.75 Å². The summed E-state index contributed by atoms with van der Waals surface area (Å²) in [5, 5.41) is 7.37. The predicted molar refractivity (Wildman–Crippen MR) is 108 cm³/mol. The van der Waals surface area contributed by atoms with E-state index in [-0.39, 0.29) is 5.91 Å². The zero-order chi connectivity index (χ0) is 20.2. The average Bonchev–Trinajstić information content (AvgIpc) is 3.42. The number of carbonyl (C=O) groups is 1. The minimum Gasteiger partial charge on any atom is -0.497 e. The van der Waals surface area contributed by atoms with E-state index in [2.05, 4.69) is 15.4 Å². The molecule has 0 unspecified atom stereocenters. The number of methoxy groups -OCH3 is 1. The van der Waals surface area contributed by atoms with Crippen molar-refractivity contribution in [2.75, 3.05) is 7.11 Å². The minimum atomic E-state index is -0.201. The third-order valence-electron chi connectivity index (χ3n) is 4.57. The molecule has 7 heteroatoms. The van der Waals surface area contributed by atoms with Crippen LogP contribution in [-0.4, -0.2) is 27.8 Å². The fourth-order valence-corrected chi connectivity index (χ4v) is 2.99. The summed E-state index contributed by atoms with van der Waals surface area (Å²) in [6.07, 6.45) is 5.00. The summed E-state index contributed by atoms with van der Waals surface area (Å²) in [4.78, 5) is 17.0. The zero-order valence-electron chi connectivity index (χ0n) is 16.1. The van der Waals surface area contributed by atoms with E-state index in [4.69, 9.17) is 9.15 Å². The van der Waals surface area contributed by atoms with E-state index in [1.165, 1.54) is 0 Å². The summed E-state index contributed by atoms with van der Waals surface area (Å²) >= 11 is 0. The number of pyridine rings is 1. The van der Waals surface area contributed by atoms with Crippen LogP contribution in [-0.2, 0) is 13.6 Å². The Balaban J connectivity index is 1.44. The normalized spacial score (nSPS) is 10.7. The average molecular weight is 388 g/mol. The Labute approximate surface area is 168 Å². The molecule has 1 aromatic carbocycles. The van der Waals surface area contributed by atoms with Crippen molar-refractivity contribution in [1.82, 2.24) is 20.1 Å². The number of hydrogen-bond donors (Lipinski definition) is 1. The van der Waals surface area contributed by atoms with Crippen molar-refractivity contribution in [3.8, 4) is 28.3 Å². The second kappa shape index (κ2) is 8.02. The molecule has 0 fully saturated rings. The van der Waals surface area contributed by atoms with Crippen LogP contribution in [0.4, 0.5) is 0 Å². The maximum atomic E-state index is 12.6. The van der Waals surface area contributed by atoms with Crippen molar-refractivity contribution in [1.29, 1.82) is 0 Å². The number of hydrogen-bond acceptors (Lipinski definition) is 5. The lowest BCUT2D eigenvalue weighted by Crippen LogP contribution is -2.25. The number of carbonyl (C=O) groups excluding carboxylic acids is 1. The first-order chi connectivity index (χ1) is 14.1. The summed E-state index contributed by atoms with van der Waals surface area (Å²) in [6.45, 7) is 0.372. The molecule has 0 aliphatic rings. The lowest BCUT2D eigenvalue weighted by atomic mass is 10.1. The van der Waals surface area contributed by atoms with Gasteiger partial charge in [0.05, 0.1) is 31.0 Å². The lowest BCUT2D eigenvalue weighted by Gasteiger charge is -2.06. The van der Waals surface area contributed by atoms with E-state index in [0.29, 0.717) is 17.9 Å². The second-order valence-electron chi connectivity index (χ2n) is 6.52. The van der Waals surface area contributed by atoms with E-state index in [1.807, 2.05) is 42.5 Å². The van der Waals surface area contributed by atoms with Gasteiger partial charge in [-0.1, -0.05) is 18.2 Å². The van der Waals surface area contributed by atoms with Crippen LogP contribution in [0.2, 0.25) is 0 Å². The molecule has 7 nitrogen and oxygen atoms in total. The Morgan fingerprint density at radius 1 is 1.14 bits per heavy atom. The van der Waals surface area contributed by atoms with Crippen LogP contribution in [0.25, 0.3) is 22.5 Å². The van der Waals surface area contributed by atoms with Gasteiger partial charge in [0.2, 0.25) is 0 Å². The Kier molecular flexibility index (Phi) is 5.11. The first-order valence-electron chi connectivity index (χ1n) is 9.08. The highest BCUT2D eigenvalue weighted by Crippen LogP contribution is 2.23. The van der Waals surface area contributed by atoms with Crippen LogP contribution in [0, 0.1) is 0 Å². The molecular weight excluding hydrogens is 368 g/mol. The third-order valence-corrected chi connectivity index (χ3v) is 4.57. The van der Waals surface area contributed by atoms with Gasteiger partial charge in [0, 0.05) is 30.9 Å². The molecule has 1 amide bonds. The van der Waals surface area contributed by atoms with Gasteiger partial charge in [-0.2, -0.15) is 5.10 Å². The Bertz CT molecular complexity index is 1120. The molecule has 0 aliphatic carbocycles. The molecule has 0 saturated carbocycles. The summed E-state index contributed by atoms with van der Waals surface area (Å²) in [5.41, 5.74) is 4.72. The van der Waals surface area contributed by atoms with E-state index in [1.54, 1.807) is 43.6 Å². The topological polar surface area (TPSA) is 82.2 Å². The molecule has 4 rings (SSSR count). The van der Waals surface area contributed by atoms with E-state index < -0.39 is 0 Å². The highest BCUT2D eigenvalue weighted by Gasteiger charge is 2.14. The van der Waals surface area contributed by atoms with Gasteiger partial charge < -0.3 is 14.5 Å². The highest BCUT2D eigenvalue weighted by molar-refractivity contribution is 5.93. The van der Waals surface area contributed by atoms with Crippen LogP contribution in [0.15, 0.2) is 71.7 Å². The molecule has 146 valence electrons. The number of ether oxygens (including phenoxy) is 1. The molecule has 0 radical (unpaired) electrons. The first kappa shape index (κ1) is 18.5. The fraction of sp³-hybridized carbons (Fsp3) is 0.136. The van der Waals surface area contributed by atoms with Gasteiger partial charge in [0.15, 0.2) is 0 Å². The second-order valence-corrected chi connectivity index (χ2v) is 6.52. The molecule has 4 aromatic rings. The maximum absolute atomic E-state index is 12.6. The molecule has 0 aliphatic heterocycles. The quantitative estimate of drug-likeness (QED) is 0.545. The smallest absolute Gasteiger partial charge is 0.269 e. The number of amides is 1. The summed E-state index contributed by atoms with van der Waals surface area (Å²) in [7, 11) is 3.37. The standard InChI is InChI=1S/C22H20N4O3/c1-26-21(11-20(25-26)16-4-3-5-18(10-16)28-2)22(27)24-13-15-6-7-19(23-12-15)17-8-9-29-14-17/h3-12,14H,13H2,1-2H3,(H,24,27). The van der Waals surface area contributed by atoms with Gasteiger partial charge in [-0.25, -0.2) is 0 Å². The molecule has 0 spiro atoms. The van der Waals surface area contributed by atoms with E-state index in [9.17, 15) is 4.79 Å². The van der Waals surface area contributed by atoms with Crippen molar-refractivity contribution in [3.63, 3.8) is 0 Å². The van der Waals surface area contributed by atoms with Crippen molar-refractivity contribution >= 4 is 5.91 Å². The minimum absolute atomic E-state index is 0.201. The fourth-order valence-electron chi connectivity index (χ4n) is 2.99. The van der Waals surface area contributed by atoms with Gasteiger partial charge >= 0.3 is 0 Å². The molecule has 1 N–H and O–H groups in total. The van der Waals surface area contributed by atoms with Gasteiger partial charge in [0.1, 0.15) is 11.4 Å². The van der Waals surface area contributed by atoms with Gasteiger partial charge in [-0.3, -0.25) is 14.5 Å². The summed E-state index contributed by atoms with van der Waals surface area (Å²) in [5.74, 6) is 0.540. The van der Waals surface area contributed by atoms with Crippen molar-refractivity contribution in [3.05, 3.63) is 78.5 Å². The Morgan fingerprint density at radius 3 is 2.76 bits per heavy atom. The molecule has 29 heavy (non-hydrogen) atoms. The van der Waals surface area contributed by atoms with E-state index in [0.717, 1.165) is 28.1 Å². The Morgan fingerprint density at radius 2 is 2.03 bits per heavy atom. The summed E-state index contributed by atoms with van der Waals surface area (Å²) < 4.78 is 11.9. The Hall–Kier alpha value is -3.87. The SMILES string of the molecule is COc1cccc(-c2cc(C(=O)NCc3ccc(-c4ccoc4)nc3)n(C)n2)c1. The molecule has 0 atom stereocenters.